The van der Waals surface area contributed by atoms with E-state index in [0.717, 1.165) is 21.8 Å². The van der Waals surface area contributed by atoms with Gasteiger partial charge < -0.3 is 5.32 Å². The second-order valence-corrected chi connectivity index (χ2v) is 4.85. The topological polar surface area (TPSA) is 24.9 Å². The SMILES string of the molecule is CNc1cccc(-c2nc3ccccc3s2)c1. The Morgan fingerprint density at radius 1 is 1.06 bits per heavy atom. The molecule has 3 rings (SSSR count). The summed E-state index contributed by atoms with van der Waals surface area (Å²) in [5.41, 5.74) is 3.35. The lowest BCUT2D eigenvalue weighted by atomic mass is 10.2. The Balaban J connectivity index is 2.13. The van der Waals surface area contributed by atoms with Gasteiger partial charge in [-0.1, -0.05) is 24.3 Å². The van der Waals surface area contributed by atoms with E-state index < -0.39 is 0 Å². The molecule has 0 bridgehead atoms. The number of rotatable bonds is 2. The van der Waals surface area contributed by atoms with Gasteiger partial charge in [0.1, 0.15) is 5.01 Å². The molecule has 3 heteroatoms. The van der Waals surface area contributed by atoms with Crippen LogP contribution < -0.4 is 5.32 Å². The molecule has 1 aromatic heterocycles. The summed E-state index contributed by atoms with van der Waals surface area (Å²) in [5, 5.41) is 4.22. The van der Waals surface area contributed by atoms with E-state index in [1.54, 1.807) is 11.3 Å². The molecule has 1 heterocycles. The highest BCUT2D eigenvalue weighted by Crippen LogP contribution is 2.30. The van der Waals surface area contributed by atoms with Crippen molar-refractivity contribution >= 4 is 27.2 Å². The minimum absolute atomic E-state index is 1.07. The van der Waals surface area contributed by atoms with E-state index in [4.69, 9.17) is 0 Å². The largest absolute Gasteiger partial charge is 0.388 e. The molecule has 0 aliphatic rings. The predicted octanol–water partition coefficient (Wildman–Crippen LogP) is 4.01. The van der Waals surface area contributed by atoms with Crippen LogP contribution in [0.25, 0.3) is 20.8 Å². The van der Waals surface area contributed by atoms with Crippen molar-refractivity contribution < 1.29 is 0 Å². The zero-order valence-corrected chi connectivity index (χ0v) is 10.3. The number of nitrogens with zero attached hydrogens (tertiary/aromatic N) is 1. The Hall–Kier alpha value is -1.87. The average Bonchev–Trinajstić information content (AvgIpc) is 2.82. The van der Waals surface area contributed by atoms with E-state index in [0.29, 0.717) is 0 Å². The summed E-state index contributed by atoms with van der Waals surface area (Å²) >= 11 is 1.73. The Kier molecular flexibility index (Phi) is 2.53. The minimum atomic E-state index is 1.07. The number of thiazole rings is 1. The van der Waals surface area contributed by atoms with Gasteiger partial charge in [0.15, 0.2) is 0 Å². The monoisotopic (exact) mass is 240 g/mol. The van der Waals surface area contributed by atoms with Crippen LogP contribution in [0, 0.1) is 0 Å². The predicted molar refractivity (Wildman–Crippen MR) is 74.6 cm³/mol. The zero-order valence-electron chi connectivity index (χ0n) is 9.47. The van der Waals surface area contributed by atoms with Crippen LogP contribution >= 0.6 is 11.3 Å². The molecule has 0 fully saturated rings. The highest BCUT2D eigenvalue weighted by atomic mass is 32.1. The van der Waals surface area contributed by atoms with Crippen molar-refractivity contribution in [3.8, 4) is 10.6 Å². The Morgan fingerprint density at radius 2 is 1.94 bits per heavy atom. The van der Waals surface area contributed by atoms with Crippen molar-refractivity contribution in [2.75, 3.05) is 12.4 Å². The molecule has 0 amide bonds. The van der Waals surface area contributed by atoms with Crippen molar-refractivity contribution in [1.29, 1.82) is 0 Å². The fourth-order valence-electron chi connectivity index (χ4n) is 1.80. The van der Waals surface area contributed by atoms with Crippen LogP contribution in [-0.2, 0) is 0 Å². The number of nitrogens with one attached hydrogen (secondary N) is 1. The number of hydrogen-bond donors (Lipinski definition) is 1. The number of fused-ring (bicyclic) bond motifs is 1. The lowest BCUT2D eigenvalue weighted by Gasteiger charge is -2.01. The lowest BCUT2D eigenvalue weighted by Crippen LogP contribution is -1.87. The van der Waals surface area contributed by atoms with Gasteiger partial charge in [-0.25, -0.2) is 4.98 Å². The smallest absolute Gasteiger partial charge is 0.124 e. The van der Waals surface area contributed by atoms with E-state index in [2.05, 4.69) is 40.6 Å². The van der Waals surface area contributed by atoms with Gasteiger partial charge in [-0.3, -0.25) is 0 Å². The summed E-state index contributed by atoms with van der Waals surface area (Å²) in [6, 6.07) is 16.6. The van der Waals surface area contributed by atoms with Crippen LogP contribution in [0.3, 0.4) is 0 Å². The molecule has 0 aliphatic heterocycles. The first kappa shape index (κ1) is 10.3. The van der Waals surface area contributed by atoms with Gasteiger partial charge >= 0.3 is 0 Å². The van der Waals surface area contributed by atoms with Gasteiger partial charge in [0.25, 0.3) is 0 Å². The van der Waals surface area contributed by atoms with Crippen LogP contribution in [0.5, 0.6) is 0 Å². The standard InChI is InChI=1S/C14H12N2S/c1-15-11-6-4-5-10(9-11)14-16-12-7-2-3-8-13(12)17-14/h2-9,15H,1H3. The Morgan fingerprint density at radius 3 is 2.76 bits per heavy atom. The summed E-state index contributed by atoms with van der Waals surface area (Å²) in [7, 11) is 1.93. The summed E-state index contributed by atoms with van der Waals surface area (Å²) in [4.78, 5) is 4.65. The van der Waals surface area contributed by atoms with Crippen molar-refractivity contribution in [2.24, 2.45) is 0 Å². The molecule has 0 spiro atoms. The lowest BCUT2D eigenvalue weighted by molar-refractivity contribution is 1.46. The first-order valence-corrected chi connectivity index (χ1v) is 6.32. The molecule has 0 saturated carbocycles. The van der Waals surface area contributed by atoms with Crippen molar-refractivity contribution in [2.45, 2.75) is 0 Å². The number of para-hydroxylation sites is 1. The van der Waals surface area contributed by atoms with Crippen LogP contribution in [0.2, 0.25) is 0 Å². The average molecular weight is 240 g/mol. The molecule has 2 nitrogen and oxygen atoms in total. The maximum absolute atomic E-state index is 4.65. The molecule has 0 saturated heterocycles. The highest BCUT2D eigenvalue weighted by Gasteiger charge is 2.05. The summed E-state index contributed by atoms with van der Waals surface area (Å²) in [5.74, 6) is 0. The van der Waals surface area contributed by atoms with E-state index in [1.165, 1.54) is 4.70 Å². The normalized spacial score (nSPS) is 10.6. The molecule has 84 valence electrons. The van der Waals surface area contributed by atoms with Crippen LogP contribution in [0.15, 0.2) is 48.5 Å². The summed E-state index contributed by atoms with van der Waals surface area (Å²) < 4.78 is 1.23. The quantitative estimate of drug-likeness (QED) is 0.732. The maximum atomic E-state index is 4.65. The Labute approximate surface area is 104 Å². The Bertz CT molecular complexity index is 625. The fourth-order valence-corrected chi connectivity index (χ4v) is 2.77. The first-order chi connectivity index (χ1) is 8.36. The minimum Gasteiger partial charge on any atom is -0.388 e. The van der Waals surface area contributed by atoms with Crippen LogP contribution in [-0.4, -0.2) is 12.0 Å². The van der Waals surface area contributed by atoms with Gasteiger partial charge in [-0.05, 0) is 24.3 Å². The number of anilines is 1. The number of aromatic nitrogens is 1. The molecule has 0 unspecified atom stereocenters. The molecule has 3 aromatic rings. The number of benzene rings is 2. The molecular formula is C14H12N2S. The van der Waals surface area contributed by atoms with E-state index in [9.17, 15) is 0 Å². The van der Waals surface area contributed by atoms with E-state index in [-0.39, 0.29) is 0 Å². The maximum Gasteiger partial charge on any atom is 0.124 e. The third-order valence-electron chi connectivity index (χ3n) is 2.69. The van der Waals surface area contributed by atoms with Crippen LogP contribution in [0.1, 0.15) is 0 Å². The molecule has 0 atom stereocenters. The molecule has 0 aliphatic carbocycles. The van der Waals surface area contributed by atoms with Gasteiger partial charge in [0, 0.05) is 18.3 Å². The van der Waals surface area contributed by atoms with Crippen molar-refractivity contribution in [3.63, 3.8) is 0 Å². The van der Waals surface area contributed by atoms with Gasteiger partial charge in [-0.2, -0.15) is 0 Å². The zero-order chi connectivity index (χ0) is 11.7. The molecule has 17 heavy (non-hydrogen) atoms. The van der Waals surface area contributed by atoms with Gasteiger partial charge in [0.05, 0.1) is 10.2 Å². The van der Waals surface area contributed by atoms with Gasteiger partial charge in [-0.15, -0.1) is 11.3 Å². The van der Waals surface area contributed by atoms with E-state index >= 15 is 0 Å². The summed E-state index contributed by atoms with van der Waals surface area (Å²) in [6.45, 7) is 0. The first-order valence-electron chi connectivity index (χ1n) is 5.50. The van der Waals surface area contributed by atoms with Gasteiger partial charge in [0.2, 0.25) is 0 Å². The molecule has 2 aromatic carbocycles. The second kappa shape index (κ2) is 4.18. The summed E-state index contributed by atoms with van der Waals surface area (Å²) in [6.07, 6.45) is 0. The second-order valence-electron chi connectivity index (χ2n) is 3.82. The van der Waals surface area contributed by atoms with Crippen molar-refractivity contribution in [3.05, 3.63) is 48.5 Å². The third kappa shape index (κ3) is 1.89. The highest BCUT2D eigenvalue weighted by molar-refractivity contribution is 7.21. The molecule has 0 radical (unpaired) electrons. The fraction of sp³-hybridized carbons (Fsp3) is 0.0714. The number of hydrogen-bond acceptors (Lipinski definition) is 3. The van der Waals surface area contributed by atoms with Crippen molar-refractivity contribution in [1.82, 2.24) is 4.98 Å². The van der Waals surface area contributed by atoms with Crippen LogP contribution in [0.4, 0.5) is 5.69 Å². The molecule has 1 N–H and O–H groups in total. The molecular weight excluding hydrogens is 228 g/mol. The van der Waals surface area contributed by atoms with E-state index in [1.807, 2.05) is 25.2 Å². The third-order valence-corrected chi connectivity index (χ3v) is 3.78.